The Labute approximate surface area is 189 Å². The summed E-state index contributed by atoms with van der Waals surface area (Å²) in [4.78, 5) is 26.2. The summed E-state index contributed by atoms with van der Waals surface area (Å²) in [6.07, 6.45) is 3.32. The molecule has 0 unspecified atom stereocenters. The molecule has 0 bridgehead atoms. The van der Waals surface area contributed by atoms with Crippen molar-refractivity contribution in [1.29, 1.82) is 0 Å². The SMILES string of the molecule is O=[N+]([O-])c1ccc(N2CCC(c3ncnc4c3ncn4[C@@H]3C[C@H](CO)[C@@H](O)[C@H]3O)CC2)cc1. The number of nitro benzene ring substituents is 1. The van der Waals surface area contributed by atoms with Crippen molar-refractivity contribution < 1.29 is 20.2 Å². The highest BCUT2D eigenvalue weighted by Gasteiger charge is 2.42. The van der Waals surface area contributed by atoms with Crippen molar-refractivity contribution >= 4 is 22.5 Å². The van der Waals surface area contributed by atoms with Crippen LogP contribution in [0.5, 0.6) is 0 Å². The number of aliphatic hydroxyl groups excluding tert-OH is 3. The normalized spacial score (nSPS) is 26.2. The van der Waals surface area contributed by atoms with Crippen LogP contribution in [0.3, 0.4) is 0 Å². The molecule has 3 N–H and O–H groups in total. The average Bonchev–Trinajstić information content (AvgIpc) is 3.40. The second-order valence-corrected chi connectivity index (χ2v) is 8.84. The highest BCUT2D eigenvalue weighted by atomic mass is 16.6. The van der Waals surface area contributed by atoms with Crippen molar-refractivity contribution in [3.8, 4) is 0 Å². The lowest BCUT2D eigenvalue weighted by Crippen LogP contribution is -2.33. The van der Waals surface area contributed by atoms with Gasteiger partial charge in [0.1, 0.15) is 17.9 Å². The van der Waals surface area contributed by atoms with E-state index in [9.17, 15) is 25.4 Å². The maximum Gasteiger partial charge on any atom is 0.269 e. The van der Waals surface area contributed by atoms with Crippen molar-refractivity contribution in [3.63, 3.8) is 0 Å². The lowest BCUT2D eigenvalue weighted by molar-refractivity contribution is -0.384. The Hall–Kier alpha value is -3.15. The van der Waals surface area contributed by atoms with Gasteiger partial charge in [-0.25, -0.2) is 15.0 Å². The molecule has 11 nitrogen and oxygen atoms in total. The first kappa shape index (κ1) is 21.7. The first-order valence-electron chi connectivity index (χ1n) is 11.1. The summed E-state index contributed by atoms with van der Waals surface area (Å²) in [5.74, 6) is -0.190. The van der Waals surface area contributed by atoms with Gasteiger partial charge in [-0.1, -0.05) is 0 Å². The largest absolute Gasteiger partial charge is 0.396 e. The number of anilines is 1. The number of hydrogen-bond acceptors (Lipinski definition) is 9. The first-order valence-corrected chi connectivity index (χ1v) is 11.1. The molecule has 3 aromatic rings. The van der Waals surface area contributed by atoms with Crippen LogP contribution in [-0.2, 0) is 0 Å². The third kappa shape index (κ3) is 3.81. The van der Waals surface area contributed by atoms with E-state index in [1.54, 1.807) is 23.0 Å². The minimum Gasteiger partial charge on any atom is -0.396 e. The number of nitro groups is 1. The van der Waals surface area contributed by atoms with Crippen LogP contribution in [0.2, 0.25) is 0 Å². The van der Waals surface area contributed by atoms with E-state index in [0.717, 1.165) is 37.3 Å². The molecule has 0 amide bonds. The van der Waals surface area contributed by atoms with Gasteiger partial charge in [0.15, 0.2) is 5.65 Å². The fourth-order valence-electron chi connectivity index (χ4n) is 5.16. The summed E-state index contributed by atoms with van der Waals surface area (Å²) in [5.41, 5.74) is 3.23. The predicted octanol–water partition coefficient (Wildman–Crippen LogP) is 1.39. The molecule has 11 heteroatoms. The number of aliphatic hydroxyl groups is 3. The molecule has 1 aromatic carbocycles. The minimum atomic E-state index is -0.997. The van der Waals surface area contributed by atoms with Gasteiger partial charge in [0.25, 0.3) is 5.69 Å². The van der Waals surface area contributed by atoms with Crippen LogP contribution in [0.1, 0.15) is 36.9 Å². The Bertz CT molecular complexity index is 1140. The van der Waals surface area contributed by atoms with E-state index in [4.69, 9.17) is 0 Å². The second-order valence-electron chi connectivity index (χ2n) is 8.84. The maximum atomic E-state index is 10.9. The quantitative estimate of drug-likeness (QED) is 0.384. The molecule has 1 aliphatic carbocycles. The Morgan fingerprint density at radius 1 is 1.06 bits per heavy atom. The number of nitrogens with zero attached hydrogens (tertiary/aromatic N) is 6. The minimum absolute atomic E-state index is 0.0813. The number of aromatic nitrogens is 4. The lowest BCUT2D eigenvalue weighted by Gasteiger charge is -2.33. The lowest BCUT2D eigenvalue weighted by atomic mass is 9.92. The van der Waals surface area contributed by atoms with Crippen LogP contribution in [0.4, 0.5) is 11.4 Å². The standard InChI is InChI=1S/C22H26N6O5/c29-10-14-9-17(21(31)20(14)30)27-12-25-19-18(23-11-24-22(19)27)13-5-7-26(8-6-13)15-1-3-16(4-2-15)28(32)33/h1-4,11-14,17,20-21,29-31H,5-10H2/t14-,17-,20-,21+/m1/s1. The van der Waals surface area contributed by atoms with Crippen LogP contribution in [0, 0.1) is 16.0 Å². The van der Waals surface area contributed by atoms with Crippen LogP contribution >= 0.6 is 0 Å². The summed E-state index contributed by atoms with van der Waals surface area (Å²) < 4.78 is 1.79. The number of imidazole rings is 1. The smallest absolute Gasteiger partial charge is 0.269 e. The number of hydrogen-bond donors (Lipinski definition) is 3. The molecule has 1 saturated carbocycles. The third-order valence-corrected chi connectivity index (χ3v) is 7.06. The molecule has 5 rings (SSSR count). The van der Waals surface area contributed by atoms with Gasteiger partial charge in [-0.3, -0.25) is 10.1 Å². The average molecular weight is 454 g/mol. The van der Waals surface area contributed by atoms with Crippen molar-refractivity contribution in [2.24, 2.45) is 5.92 Å². The van der Waals surface area contributed by atoms with E-state index in [2.05, 4.69) is 19.9 Å². The summed E-state index contributed by atoms with van der Waals surface area (Å²) >= 11 is 0. The molecule has 0 spiro atoms. The van der Waals surface area contributed by atoms with E-state index in [1.807, 2.05) is 0 Å². The molecule has 1 aliphatic heterocycles. The molecule has 2 aliphatic rings. The zero-order valence-corrected chi connectivity index (χ0v) is 17.9. The summed E-state index contributed by atoms with van der Waals surface area (Å²) in [6, 6.07) is 6.21. The van der Waals surface area contributed by atoms with E-state index < -0.39 is 23.2 Å². The highest BCUT2D eigenvalue weighted by Crippen LogP contribution is 2.38. The van der Waals surface area contributed by atoms with Gasteiger partial charge >= 0.3 is 0 Å². The Morgan fingerprint density at radius 2 is 1.79 bits per heavy atom. The van der Waals surface area contributed by atoms with Gasteiger partial charge in [0.05, 0.1) is 29.1 Å². The molecule has 2 aromatic heterocycles. The molecule has 174 valence electrons. The van der Waals surface area contributed by atoms with Crippen LogP contribution < -0.4 is 4.90 Å². The molecular formula is C22H26N6O5. The monoisotopic (exact) mass is 454 g/mol. The van der Waals surface area contributed by atoms with Crippen molar-refractivity contribution in [2.75, 3.05) is 24.6 Å². The highest BCUT2D eigenvalue weighted by molar-refractivity contribution is 5.74. The molecule has 1 saturated heterocycles. The van der Waals surface area contributed by atoms with E-state index in [1.165, 1.54) is 18.5 Å². The maximum absolute atomic E-state index is 10.9. The zero-order chi connectivity index (χ0) is 23.1. The predicted molar refractivity (Wildman–Crippen MR) is 119 cm³/mol. The second kappa shape index (κ2) is 8.65. The fourth-order valence-corrected chi connectivity index (χ4v) is 5.16. The number of rotatable bonds is 5. The topological polar surface area (TPSA) is 151 Å². The molecular weight excluding hydrogens is 428 g/mol. The number of piperidine rings is 1. The first-order chi connectivity index (χ1) is 16.0. The Morgan fingerprint density at radius 3 is 2.42 bits per heavy atom. The molecule has 4 atom stereocenters. The Balaban J connectivity index is 1.34. The van der Waals surface area contributed by atoms with Gasteiger partial charge in [-0.2, -0.15) is 0 Å². The molecule has 33 heavy (non-hydrogen) atoms. The molecule has 0 radical (unpaired) electrons. The third-order valence-electron chi connectivity index (χ3n) is 7.06. The van der Waals surface area contributed by atoms with Crippen molar-refractivity contribution in [2.45, 2.75) is 43.4 Å². The van der Waals surface area contributed by atoms with Gasteiger partial charge in [-0.05, 0) is 31.4 Å². The number of fused-ring (bicyclic) bond motifs is 1. The van der Waals surface area contributed by atoms with E-state index >= 15 is 0 Å². The van der Waals surface area contributed by atoms with Gasteiger partial charge in [-0.15, -0.1) is 0 Å². The summed E-state index contributed by atoms with van der Waals surface area (Å²) in [7, 11) is 0. The van der Waals surface area contributed by atoms with E-state index in [-0.39, 0.29) is 24.1 Å². The zero-order valence-electron chi connectivity index (χ0n) is 17.9. The summed E-state index contributed by atoms with van der Waals surface area (Å²) in [5, 5.41) is 41.1. The van der Waals surface area contributed by atoms with Crippen LogP contribution in [0.25, 0.3) is 11.2 Å². The van der Waals surface area contributed by atoms with Crippen LogP contribution in [-0.4, -0.2) is 71.7 Å². The summed E-state index contributed by atoms with van der Waals surface area (Å²) in [6.45, 7) is 1.40. The number of benzene rings is 1. The number of non-ortho nitro benzene ring substituents is 1. The van der Waals surface area contributed by atoms with E-state index in [0.29, 0.717) is 17.6 Å². The van der Waals surface area contributed by atoms with Gasteiger partial charge in [0, 0.05) is 49.4 Å². The molecule has 3 heterocycles. The van der Waals surface area contributed by atoms with Crippen molar-refractivity contribution in [1.82, 2.24) is 19.5 Å². The van der Waals surface area contributed by atoms with Gasteiger partial charge < -0.3 is 24.8 Å². The van der Waals surface area contributed by atoms with Crippen LogP contribution in [0.15, 0.2) is 36.9 Å². The molecule has 2 fully saturated rings. The Kier molecular flexibility index (Phi) is 5.69. The fraction of sp³-hybridized carbons (Fsp3) is 0.500. The van der Waals surface area contributed by atoms with Crippen molar-refractivity contribution in [3.05, 3.63) is 52.7 Å². The van der Waals surface area contributed by atoms with Gasteiger partial charge in [0.2, 0.25) is 0 Å².